The summed E-state index contributed by atoms with van der Waals surface area (Å²) >= 11 is 2.35. The van der Waals surface area contributed by atoms with E-state index in [9.17, 15) is 29.4 Å². The van der Waals surface area contributed by atoms with E-state index < -0.39 is 57.4 Å². The van der Waals surface area contributed by atoms with E-state index in [1.165, 1.54) is 80.0 Å². The highest BCUT2D eigenvalue weighted by Crippen LogP contribution is 2.40. The van der Waals surface area contributed by atoms with Crippen LogP contribution < -0.4 is 28.4 Å². The Morgan fingerprint density at radius 3 is 0.982 bits per heavy atom. The highest BCUT2D eigenvalue weighted by molar-refractivity contribution is 8.00. The molecule has 0 spiro atoms. The van der Waals surface area contributed by atoms with Crippen LogP contribution in [-0.4, -0.2) is 98.5 Å². The fraction of sp³-hybridized carbons (Fsp3) is 0.579. The molecular weight excluding hydrogens is 777 g/mol. The van der Waals surface area contributed by atoms with Crippen molar-refractivity contribution >= 4 is 60.9 Å². The Kier molecular flexibility index (Phi) is 21.7. The first-order chi connectivity index (χ1) is 25.1. The number of thioether (sulfide) groups is 2. The van der Waals surface area contributed by atoms with Crippen molar-refractivity contribution in [2.24, 2.45) is 11.8 Å². The van der Waals surface area contributed by atoms with Crippen LogP contribution >= 0.6 is 37.0 Å². The SMILES string of the molecule is COc1cc(OC)c(CS[C@@H](C(=O)OC(C)(C)C)[C@H](C)C(=O)O)c(OC)c1.COc1cc(OC)c(CS[C@H](C(=O)OC(C)(C)C)[C@H](C)C(=O)O)c(OC)c1.S. The maximum Gasteiger partial charge on any atom is 0.320 e. The minimum Gasteiger partial charge on any atom is -0.496 e. The fourth-order valence-electron chi connectivity index (χ4n) is 4.60. The van der Waals surface area contributed by atoms with Gasteiger partial charge < -0.3 is 48.1 Å². The van der Waals surface area contributed by atoms with Crippen LogP contribution in [-0.2, 0) is 40.2 Å². The summed E-state index contributed by atoms with van der Waals surface area (Å²) in [6.45, 7) is 13.4. The molecule has 0 aliphatic rings. The van der Waals surface area contributed by atoms with Crippen molar-refractivity contribution in [3.8, 4) is 34.5 Å². The first kappa shape index (κ1) is 51.2. The lowest BCUT2D eigenvalue weighted by Gasteiger charge is -2.26. The molecule has 0 saturated heterocycles. The second-order valence-electron chi connectivity index (χ2n) is 13.8. The molecule has 55 heavy (non-hydrogen) atoms. The molecule has 17 heteroatoms. The van der Waals surface area contributed by atoms with Gasteiger partial charge in [0.05, 0.1) is 54.5 Å². The third-order valence-electron chi connectivity index (χ3n) is 7.41. The van der Waals surface area contributed by atoms with Crippen molar-refractivity contribution in [1.82, 2.24) is 0 Å². The van der Waals surface area contributed by atoms with Gasteiger partial charge in [0.2, 0.25) is 0 Å². The summed E-state index contributed by atoms with van der Waals surface area (Å²) < 4.78 is 42.9. The molecule has 0 amide bonds. The number of benzene rings is 2. The standard InChI is InChI=1S/2C19H28O7S.H2S/c2*1-11(17(20)21)16(18(22)26-19(2,3)4)27-10-13-14(24-6)8-12(23-5)9-15(13)25-7;/h2*8-9,11,16H,10H2,1-7H3,(H,20,21);1H2/t11-,16+;11-,16-;/m00./s1. The van der Waals surface area contributed by atoms with Gasteiger partial charge in [0.1, 0.15) is 56.2 Å². The molecule has 2 aromatic rings. The summed E-state index contributed by atoms with van der Waals surface area (Å²) in [5.74, 6) is -1.21. The zero-order chi connectivity index (χ0) is 41.6. The predicted molar refractivity (Wildman–Crippen MR) is 218 cm³/mol. The average molecular weight is 835 g/mol. The van der Waals surface area contributed by atoms with E-state index in [4.69, 9.17) is 37.9 Å². The molecule has 0 heterocycles. The molecule has 0 saturated carbocycles. The van der Waals surface area contributed by atoms with Crippen LogP contribution in [0.1, 0.15) is 66.5 Å². The Morgan fingerprint density at radius 1 is 0.545 bits per heavy atom. The van der Waals surface area contributed by atoms with Gasteiger partial charge in [-0.15, -0.1) is 23.5 Å². The van der Waals surface area contributed by atoms with Gasteiger partial charge in [-0.1, -0.05) is 13.8 Å². The fourth-order valence-corrected chi connectivity index (χ4v) is 7.04. The molecule has 2 aromatic carbocycles. The molecule has 0 fully saturated rings. The molecule has 4 atom stereocenters. The largest absolute Gasteiger partial charge is 0.496 e. The highest BCUT2D eigenvalue weighted by atomic mass is 32.2. The number of hydrogen-bond acceptors (Lipinski definition) is 14. The molecule has 2 N–H and O–H groups in total. The summed E-state index contributed by atoms with van der Waals surface area (Å²) in [6.07, 6.45) is 0. The summed E-state index contributed by atoms with van der Waals surface area (Å²) in [6, 6.07) is 6.84. The average Bonchev–Trinajstić information content (AvgIpc) is 3.09. The number of esters is 2. The lowest BCUT2D eigenvalue weighted by molar-refractivity contribution is -0.158. The normalized spacial score (nSPS) is 13.2. The van der Waals surface area contributed by atoms with E-state index in [-0.39, 0.29) is 13.5 Å². The highest BCUT2D eigenvalue weighted by Gasteiger charge is 2.36. The van der Waals surface area contributed by atoms with E-state index >= 15 is 0 Å². The minimum absolute atomic E-state index is 0. The number of aliphatic carboxylic acids is 2. The van der Waals surface area contributed by atoms with Gasteiger partial charge in [-0.25, -0.2) is 0 Å². The van der Waals surface area contributed by atoms with E-state index in [0.717, 1.165) is 0 Å². The molecule has 0 aromatic heterocycles. The third-order valence-corrected chi connectivity index (χ3v) is 10.2. The number of carbonyl (C=O) groups is 4. The lowest BCUT2D eigenvalue weighted by atomic mass is 10.1. The van der Waals surface area contributed by atoms with Crippen LogP contribution in [0.25, 0.3) is 0 Å². The van der Waals surface area contributed by atoms with Crippen LogP contribution in [0.15, 0.2) is 24.3 Å². The molecule has 0 aliphatic heterocycles. The Morgan fingerprint density at radius 2 is 0.800 bits per heavy atom. The maximum absolute atomic E-state index is 12.5. The molecule has 312 valence electrons. The van der Waals surface area contributed by atoms with Crippen molar-refractivity contribution in [2.45, 2.75) is 88.6 Å². The minimum atomic E-state index is -1.06. The van der Waals surface area contributed by atoms with Crippen molar-refractivity contribution < 1.29 is 67.3 Å². The first-order valence-corrected chi connectivity index (χ1v) is 18.9. The first-order valence-electron chi connectivity index (χ1n) is 16.8. The monoisotopic (exact) mass is 834 g/mol. The second-order valence-corrected chi connectivity index (χ2v) is 16.1. The van der Waals surface area contributed by atoms with Gasteiger partial charge in [0, 0.05) is 46.9 Å². The molecule has 0 unspecified atom stereocenters. The Hall–Kier alpha value is -3.83. The van der Waals surface area contributed by atoms with Crippen LogP contribution in [0.5, 0.6) is 34.5 Å². The topological polar surface area (TPSA) is 183 Å². The van der Waals surface area contributed by atoms with Crippen molar-refractivity contribution in [3.63, 3.8) is 0 Å². The van der Waals surface area contributed by atoms with Gasteiger partial charge >= 0.3 is 23.9 Å². The summed E-state index contributed by atoms with van der Waals surface area (Å²) in [5, 5.41) is 17.0. The van der Waals surface area contributed by atoms with E-state index in [0.29, 0.717) is 57.1 Å². The van der Waals surface area contributed by atoms with Crippen LogP contribution in [0.4, 0.5) is 0 Å². The number of rotatable bonds is 18. The number of carboxylic acid groups (broad SMARTS) is 2. The van der Waals surface area contributed by atoms with Crippen molar-refractivity contribution in [1.29, 1.82) is 0 Å². The van der Waals surface area contributed by atoms with Crippen LogP contribution in [0.2, 0.25) is 0 Å². The second kappa shape index (κ2) is 23.3. The molecule has 2 rings (SSSR count). The number of hydrogen-bond donors (Lipinski definition) is 2. The van der Waals surface area contributed by atoms with E-state index in [2.05, 4.69) is 0 Å². The van der Waals surface area contributed by atoms with Gasteiger partial charge in [-0.2, -0.15) is 13.5 Å². The van der Waals surface area contributed by atoms with Crippen LogP contribution in [0, 0.1) is 11.8 Å². The van der Waals surface area contributed by atoms with Crippen LogP contribution in [0.3, 0.4) is 0 Å². The zero-order valence-corrected chi connectivity index (χ0v) is 36.8. The van der Waals surface area contributed by atoms with Gasteiger partial charge in [0.25, 0.3) is 0 Å². The van der Waals surface area contributed by atoms with Gasteiger partial charge in [0.15, 0.2) is 0 Å². The third kappa shape index (κ3) is 16.4. The van der Waals surface area contributed by atoms with Crippen molar-refractivity contribution in [3.05, 3.63) is 35.4 Å². The summed E-state index contributed by atoms with van der Waals surface area (Å²) in [7, 11) is 9.16. The van der Waals surface area contributed by atoms with Gasteiger partial charge in [-0.05, 0) is 41.5 Å². The maximum atomic E-state index is 12.5. The Labute approximate surface area is 340 Å². The van der Waals surface area contributed by atoms with E-state index in [1.54, 1.807) is 65.8 Å². The molecular formula is C38H58O14S3. The molecule has 0 radical (unpaired) electrons. The smallest absolute Gasteiger partial charge is 0.320 e. The molecule has 14 nitrogen and oxygen atoms in total. The van der Waals surface area contributed by atoms with Crippen molar-refractivity contribution in [2.75, 3.05) is 42.7 Å². The Bertz CT molecular complexity index is 1400. The number of carbonyl (C=O) groups excluding carboxylic acids is 2. The number of methoxy groups -OCH3 is 6. The lowest BCUT2D eigenvalue weighted by Crippen LogP contribution is -2.36. The Balaban J connectivity index is 0.00000104. The predicted octanol–water partition coefficient (Wildman–Crippen LogP) is 6.87. The quantitative estimate of drug-likeness (QED) is 0.148. The van der Waals surface area contributed by atoms with E-state index in [1.807, 2.05) is 0 Å². The summed E-state index contributed by atoms with van der Waals surface area (Å²) in [5.41, 5.74) is 0.00151. The zero-order valence-electron chi connectivity index (χ0n) is 34.1. The number of carboxylic acids is 2. The molecule has 0 bridgehead atoms. The summed E-state index contributed by atoms with van der Waals surface area (Å²) in [4.78, 5) is 48.0. The molecule has 0 aliphatic carbocycles. The van der Waals surface area contributed by atoms with Gasteiger partial charge in [-0.3, -0.25) is 19.2 Å². The number of ether oxygens (including phenoxy) is 8.